The van der Waals surface area contributed by atoms with Crippen molar-refractivity contribution in [2.75, 3.05) is 27.2 Å². The van der Waals surface area contributed by atoms with E-state index in [1.54, 1.807) is 4.90 Å². The van der Waals surface area contributed by atoms with Gasteiger partial charge in [-0.3, -0.25) is 9.59 Å². The van der Waals surface area contributed by atoms with Crippen LogP contribution in [0.4, 0.5) is 4.39 Å². The van der Waals surface area contributed by atoms with E-state index in [4.69, 9.17) is 4.74 Å². The molecule has 0 radical (unpaired) electrons. The number of halogens is 1. The monoisotopic (exact) mass is 378 g/mol. The number of likely N-dealkylation sites (N-methyl/N-ethyl adjacent to an activating group) is 1. The molecule has 1 aromatic rings. The van der Waals surface area contributed by atoms with Crippen LogP contribution in [0.2, 0.25) is 0 Å². The van der Waals surface area contributed by atoms with Gasteiger partial charge in [-0.15, -0.1) is 11.3 Å². The molecular formula is C19H23FN2O3S. The summed E-state index contributed by atoms with van der Waals surface area (Å²) in [5.41, 5.74) is 0.437. The van der Waals surface area contributed by atoms with Crippen LogP contribution in [0, 0.1) is 5.92 Å². The number of ketones is 1. The third-order valence-electron chi connectivity index (χ3n) is 5.48. The second kappa shape index (κ2) is 6.78. The molecule has 2 aliphatic heterocycles. The van der Waals surface area contributed by atoms with E-state index in [9.17, 15) is 14.0 Å². The van der Waals surface area contributed by atoms with Crippen molar-refractivity contribution in [1.29, 1.82) is 0 Å². The summed E-state index contributed by atoms with van der Waals surface area (Å²) in [6.45, 7) is 1.21. The van der Waals surface area contributed by atoms with Crippen LogP contribution in [0.25, 0.3) is 0 Å². The molecule has 0 aromatic carbocycles. The van der Waals surface area contributed by atoms with Crippen LogP contribution in [-0.2, 0) is 14.3 Å². The zero-order valence-electron chi connectivity index (χ0n) is 15.0. The zero-order chi connectivity index (χ0) is 18.4. The number of hydrogen-bond donors (Lipinski definition) is 0. The molecule has 140 valence electrons. The number of Topliss-reactive ketones (excluding diaryl/α,β-unsaturated/α-hetero) is 1. The summed E-state index contributed by atoms with van der Waals surface area (Å²) in [6.07, 6.45) is -0.251. The van der Waals surface area contributed by atoms with E-state index < -0.39 is 18.1 Å². The Bertz CT molecular complexity index is 746. The summed E-state index contributed by atoms with van der Waals surface area (Å²) in [7, 11) is 3.90. The molecule has 0 saturated heterocycles. The Balaban J connectivity index is 1.72. The van der Waals surface area contributed by atoms with Crippen molar-refractivity contribution in [2.45, 2.75) is 37.6 Å². The molecule has 1 amide bonds. The van der Waals surface area contributed by atoms with Gasteiger partial charge in [-0.1, -0.05) is 6.07 Å². The SMILES string of the molecule is CN(C)CCN1C(=O)C2=C(C(=O)C3CC(F)CCC3O2)C1c1cccs1. The van der Waals surface area contributed by atoms with Crippen molar-refractivity contribution in [1.82, 2.24) is 9.80 Å². The molecule has 7 heteroatoms. The lowest BCUT2D eigenvalue weighted by atomic mass is 9.77. The van der Waals surface area contributed by atoms with Crippen LogP contribution in [0.15, 0.2) is 28.8 Å². The number of carbonyl (C=O) groups excluding carboxylic acids is 2. The van der Waals surface area contributed by atoms with E-state index in [0.29, 0.717) is 31.5 Å². The van der Waals surface area contributed by atoms with Crippen molar-refractivity contribution in [3.63, 3.8) is 0 Å². The van der Waals surface area contributed by atoms with Crippen LogP contribution in [0.5, 0.6) is 0 Å². The first kappa shape index (κ1) is 17.7. The third-order valence-corrected chi connectivity index (χ3v) is 6.40. The predicted octanol–water partition coefficient (Wildman–Crippen LogP) is 2.55. The van der Waals surface area contributed by atoms with Gasteiger partial charge in [0.25, 0.3) is 5.91 Å². The van der Waals surface area contributed by atoms with Gasteiger partial charge in [0.15, 0.2) is 11.5 Å². The number of nitrogens with zero attached hydrogens (tertiary/aromatic N) is 2. The average molecular weight is 378 g/mol. The van der Waals surface area contributed by atoms with E-state index in [-0.39, 0.29) is 30.0 Å². The van der Waals surface area contributed by atoms with Gasteiger partial charge < -0.3 is 14.5 Å². The van der Waals surface area contributed by atoms with Gasteiger partial charge in [-0.2, -0.15) is 0 Å². The lowest BCUT2D eigenvalue weighted by Gasteiger charge is -2.36. The Morgan fingerprint density at radius 1 is 1.35 bits per heavy atom. The van der Waals surface area contributed by atoms with E-state index in [2.05, 4.69) is 0 Å². The fourth-order valence-corrected chi connectivity index (χ4v) is 4.99. The molecule has 1 aliphatic carbocycles. The molecule has 3 heterocycles. The molecule has 3 aliphatic rings. The molecule has 4 rings (SSSR count). The fourth-order valence-electron chi connectivity index (χ4n) is 4.14. The number of amides is 1. The Kier molecular flexibility index (Phi) is 4.61. The number of carbonyl (C=O) groups is 2. The highest BCUT2D eigenvalue weighted by atomic mass is 32.1. The lowest BCUT2D eigenvalue weighted by molar-refractivity contribution is -0.136. The Hall–Kier alpha value is -1.73. The van der Waals surface area contributed by atoms with Gasteiger partial charge in [-0.05, 0) is 44.8 Å². The summed E-state index contributed by atoms with van der Waals surface area (Å²) in [5.74, 6) is -0.584. The molecule has 0 N–H and O–H groups in total. The van der Waals surface area contributed by atoms with Gasteiger partial charge >= 0.3 is 0 Å². The lowest BCUT2D eigenvalue weighted by Crippen LogP contribution is -2.42. The van der Waals surface area contributed by atoms with Crippen LogP contribution in [-0.4, -0.2) is 61.0 Å². The predicted molar refractivity (Wildman–Crippen MR) is 96.5 cm³/mol. The summed E-state index contributed by atoms with van der Waals surface area (Å²) in [5, 5.41) is 1.94. The summed E-state index contributed by atoms with van der Waals surface area (Å²) < 4.78 is 19.9. The first-order valence-electron chi connectivity index (χ1n) is 9.05. The number of fused-ring (bicyclic) bond motifs is 1. The molecule has 0 bridgehead atoms. The van der Waals surface area contributed by atoms with Crippen LogP contribution in [0.1, 0.15) is 30.2 Å². The summed E-state index contributed by atoms with van der Waals surface area (Å²) >= 11 is 1.52. The van der Waals surface area contributed by atoms with E-state index in [0.717, 1.165) is 4.88 Å². The maximum atomic E-state index is 13.9. The number of alkyl halides is 1. The molecule has 1 aromatic heterocycles. The summed E-state index contributed by atoms with van der Waals surface area (Å²) in [6, 6.07) is 3.45. The fraction of sp³-hybridized carbons (Fsp3) is 0.579. The second-order valence-electron chi connectivity index (χ2n) is 7.50. The molecule has 26 heavy (non-hydrogen) atoms. The highest BCUT2D eigenvalue weighted by molar-refractivity contribution is 7.10. The van der Waals surface area contributed by atoms with E-state index >= 15 is 0 Å². The van der Waals surface area contributed by atoms with Crippen LogP contribution < -0.4 is 0 Å². The number of rotatable bonds is 4. The van der Waals surface area contributed by atoms with Crippen molar-refractivity contribution < 1.29 is 18.7 Å². The topological polar surface area (TPSA) is 49.9 Å². The molecule has 0 spiro atoms. The van der Waals surface area contributed by atoms with Gasteiger partial charge in [0.1, 0.15) is 12.3 Å². The van der Waals surface area contributed by atoms with Crippen LogP contribution >= 0.6 is 11.3 Å². The van der Waals surface area contributed by atoms with Gasteiger partial charge in [0.05, 0.1) is 17.5 Å². The minimum atomic E-state index is -0.965. The molecular weight excluding hydrogens is 355 g/mol. The van der Waals surface area contributed by atoms with Gasteiger partial charge in [-0.25, -0.2) is 4.39 Å². The third kappa shape index (κ3) is 2.87. The largest absolute Gasteiger partial charge is 0.483 e. The Morgan fingerprint density at radius 2 is 2.15 bits per heavy atom. The maximum Gasteiger partial charge on any atom is 0.290 e. The maximum absolute atomic E-state index is 13.9. The number of ether oxygens (including phenoxy) is 1. The minimum Gasteiger partial charge on any atom is -0.483 e. The van der Waals surface area contributed by atoms with Gasteiger partial charge in [0, 0.05) is 18.0 Å². The average Bonchev–Trinajstić information content (AvgIpc) is 3.21. The second-order valence-corrected chi connectivity index (χ2v) is 8.48. The molecule has 4 unspecified atom stereocenters. The number of thiophene rings is 1. The number of hydrogen-bond acceptors (Lipinski definition) is 5. The quantitative estimate of drug-likeness (QED) is 0.808. The summed E-state index contributed by atoms with van der Waals surface area (Å²) in [4.78, 5) is 31.0. The van der Waals surface area contributed by atoms with Crippen LogP contribution in [0.3, 0.4) is 0 Å². The van der Waals surface area contributed by atoms with Crippen molar-refractivity contribution in [3.05, 3.63) is 33.7 Å². The highest BCUT2D eigenvalue weighted by Crippen LogP contribution is 2.47. The molecule has 1 saturated carbocycles. The first-order valence-corrected chi connectivity index (χ1v) is 9.93. The minimum absolute atomic E-state index is 0.0993. The van der Waals surface area contributed by atoms with Gasteiger partial charge in [0.2, 0.25) is 0 Å². The molecule has 5 nitrogen and oxygen atoms in total. The van der Waals surface area contributed by atoms with Crippen molar-refractivity contribution in [3.8, 4) is 0 Å². The molecule has 4 atom stereocenters. The smallest absolute Gasteiger partial charge is 0.290 e. The normalized spacial score (nSPS) is 31.3. The molecule has 1 fully saturated rings. The Morgan fingerprint density at radius 3 is 2.85 bits per heavy atom. The highest BCUT2D eigenvalue weighted by Gasteiger charge is 2.53. The first-order chi connectivity index (χ1) is 12.5. The van der Waals surface area contributed by atoms with Crippen molar-refractivity contribution >= 4 is 23.0 Å². The standard InChI is InChI=1S/C19H23FN2O3S/c1-21(2)7-8-22-16(14-4-3-9-26-14)15-17(23)12-10-11(20)5-6-13(12)25-18(15)19(22)24/h3-4,9,11-13,16H,5-8,10H2,1-2H3. The zero-order valence-corrected chi connectivity index (χ0v) is 15.8. The Labute approximate surface area is 156 Å². The van der Waals surface area contributed by atoms with E-state index in [1.165, 1.54) is 11.3 Å². The van der Waals surface area contributed by atoms with Crippen molar-refractivity contribution in [2.24, 2.45) is 5.92 Å². The van der Waals surface area contributed by atoms with E-state index in [1.807, 2.05) is 36.5 Å².